The standard InChI is InChI=1S/C20H30N4O14S2/c25-10(4-2-1-3-8-12-7(6-39-8)21-20(34)23-12)22-17(31)15(29)13(27)14(28)16(30)19(33)38-24-11(26)5-9(18(24)32)40(35,36)37/h5,7-8,12-17,26-32H,1-4,6H2,(H,22,25)(H2,21,23,34)(H,35,36,37)/t7-,8-,12-,13?,14?,15?,16?,17?/m0/s1. The molecule has 3 heterocycles. The molecule has 2 aliphatic heterocycles. The van der Waals surface area contributed by atoms with Crippen LogP contribution in [-0.4, -0.2) is 125 Å². The number of thioether (sulfide) groups is 1. The Morgan fingerprint density at radius 3 is 2.40 bits per heavy atom. The van der Waals surface area contributed by atoms with Crippen LogP contribution in [0.1, 0.15) is 25.7 Å². The molecule has 18 nitrogen and oxygen atoms in total. The van der Waals surface area contributed by atoms with Gasteiger partial charge in [-0.15, -0.1) is 4.73 Å². The van der Waals surface area contributed by atoms with Gasteiger partial charge in [-0.1, -0.05) is 6.42 Å². The molecule has 0 bridgehead atoms. The summed E-state index contributed by atoms with van der Waals surface area (Å²) in [6, 6.07) is 0.166. The Kier molecular flexibility index (Phi) is 10.1. The average molecular weight is 615 g/mol. The number of unbranched alkanes of at least 4 members (excludes halogenated alkanes) is 1. The summed E-state index contributed by atoms with van der Waals surface area (Å²) in [7, 11) is -5.05. The summed E-state index contributed by atoms with van der Waals surface area (Å²) in [6.07, 6.45) is -10.4. The number of carbonyl (C=O) groups is 3. The first kappa shape index (κ1) is 31.7. The molecule has 5 unspecified atom stereocenters. The molecule has 2 aliphatic rings. The van der Waals surface area contributed by atoms with Crippen molar-refractivity contribution in [2.45, 2.75) is 78.6 Å². The highest BCUT2D eigenvalue weighted by atomic mass is 32.2. The number of aromatic hydroxyl groups is 2. The summed E-state index contributed by atoms with van der Waals surface area (Å²) in [5.41, 5.74) is 0. The fourth-order valence-electron chi connectivity index (χ4n) is 4.18. The molecular formula is C20H30N4O14S2. The molecule has 2 saturated heterocycles. The highest BCUT2D eigenvalue weighted by Gasteiger charge is 2.43. The number of amides is 3. The minimum absolute atomic E-state index is 0.0117. The van der Waals surface area contributed by atoms with Crippen LogP contribution in [0.2, 0.25) is 0 Å². The van der Waals surface area contributed by atoms with Crippen LogP contribution in [0, 0.1) is 0 Å². The van der Waals surface area contributed by atoms with E-state index in [4.69, 9.17) is 4.55 Å². The quantitative estimate of drug-likeness (QED) is 0.0433. The van der Waals surface area contributed by atoms with Crippen LogP contribution in [0.25, 0.3) is 0 Å². The third-order valence-electron chi connectivity index (χ3n) is 6.32. The number of aromatic nitrogens is 1. The monoisotopic (exact) mass is 614 g/mol. The number of hydrogen-bond acceptors (Lipinski definition) is 14. The maximum absolute atomic E-state index is 12.1. The Labute approximate surface area is 230 Å². The largest absolute Gasteiger partial charge is 0.492 e. The summed E-state index contributed by atoms with van der Waals surface area (Å²) in [5, 5.41) is 77.3. The molecule has 226 valence electrons. The highest BCUT2D eigenvalue weighted by Crippen LogP contribution is 2.33. The van der Waals surface area contributed by atoms with Crippen molar-refractivity contribution in [2.75, 3.05) is 5.75 Å². The van der Waals surface area contributed by atoms with Crippen LogP contribution in [0.5, 0.6) is 11.8 Å². The van der Waals surface area contributed by atoms with Gasteiger partial charge in [-0.05, 0) is 12.8 Å². The van der Waals surface area contributed by atoms with Gasteiger partial charge in [0, 0.05) is 23.5 Å². The normalized spacial score (nSPS) is 24.2. The second-order valence-electron chi connectivity index (χ2n) is 9.17. The molecule has 0 aromatic carbocycles. The lowest BCUT2D eigenvalue weighted by atomic mass is 10.0. The number of fused-ring (bicyclic) bond motifs is 1. The highest BCUT2D eigenvalue weighted by molar-refractivity contribution is 8.00. The summed E-state index contributed by atoms with van der Waals surface area (Å²) in [6.45, 7) is 0. The lowest BCUT2D eigenvalue weighted by Gasteiger charge is -2.28. The topological polar surface area (TPSA) is 297 Å². The zero-order valence-corrected chi connectivity index (χ0v) is 22.2. The minimum atomic E-state index is -5.05. The number of urea groups is 1. The van der Waals surface area contributed by atoms with Crippen LogP contribution in [0.15, 0.2) is 11.0 Å². The van der Waals surface area contributed by atoms with E-state index in [0.29, 0.717) is 18.9 Å². The van der Waals surface area contributed by atoms with Crippen molar-refractivity contribution in [1.29, 1.82) is 0 Å². The molecular weight excluding hydrogens is 584 g/mol. The van der Waals surface area contributed by atoms with Crippen LogP contribution in [-0.2, 0) is 19.7 Å². The molecule has 2 fully saturated rings. The van der Waals surface area contributed by atoms with Crippen molar-refractivity contribution >= 4 is 39.8 Å². The van der Waals surface area contributed by atoms with E-state index in [1.54, 1.807) is 11.8 Å². The zero-order chi connectivity index (χ0) is 29.9. The van der Waals surface area contributed by atoms with Gasteiger partial charge >= 0.3 is 12.0 Å². The van der Waals surface area contributed by atoms with E-state index >= 15 is 0 Å². The van der Waals surface area contributed by atoms with Gasteiger partial charge in [0.15, 0.2) is 17.2 Å². The molecule has 0 saturated carbocycles. The number of aliphatic hydroxyl groups is 5. The van der Waals surface area contributed by atoms with E-state index in [2.05, 4.69) is 15.5 Å². The first-order valence-corrected chi connectivity index (χ1v) is 14.3. The molecule has 0 aliphatic carbocycles. The van der Waals surface area contributed by atoms with Gasteiger partial charge in [-0.3, -0.25) is 9.35 Å². The SMILES string of the molecule is O=C(CCCC[C@@H]1SC[C@@H]2NC(=O)N[C@@H]21)NC(O)C(O)C(O)C(O)C(O)C(=O)On1c(O)cc(S(=O)(=O)O)c1O. The van der Waals surface area contributed by atoms with Crippen molar-refractivity contribution in [3.8, 4) is 11.8 Å². The summed E-state index contributed by atoms with van der Waals surface area (Å²) < 4.78 is 31.0. The number of aliphatic hydroxyl groups excluding tert-OH is 5. The van der Waals surface area contributed by atoms with E-state index in [0.717, 1.165) is 12.2 Å². The first-order valence-electron chi connectivity index (χ1n) is 11.8. The maximum atomic E-state index is 12.1. The van der Waals surface area contributed by atoms with Gasteiger partial charge in [0.05, 0.1) is 12.1 Å². The van der Waals surface area contributed by atoms with Crippen molar-refractivity contribution in [3.05, 3.63) is 6.07 Å². The predicted octanol–water partition coefficient (Wildman–Crippen LogP) is -4.29. The second kappa shape index (κ2) is 12.8. The van der Waals surface area contributed by atoms with Crippen molar-refractivity contribution in [2.24, 2.45) is 0 Å². The summed E-state index contributed by atoms with van der Waals surface area (Å²) in [4.78, 5) is 38.7. The number of rotatable bonds is 13. The minimum Gasteiger partial charge on any atom is -0.492 e. The van der Waals surface area contributed by atoms with Crippen molar-refractivity contribution in [3.63, 3.8) is 0 Å². The maximum Gasteiger partial charge on any atom is 0.364 e. The third kappa shape index (κ3) is 7.26. The summed E-state index contributed by atoms with van der Waals surface area (Å²) in [5.74, 6) is -4.49. The van der Waals surface area contributed by atoms with E-state index < -0.39 is 69.3 Å². The Hall–Kier alpha value is -2.85. The van der Waals surface area contributed by atoms with E-state index in [1.807, 2.05) is 5.32 Å². The van der Waals surface area contributed by atoms with E-state index in [9.17, 15) is 58.5 Å². The average Bonchev–Trinajstić information content (AvgIpc) is 3.52. The molecule has 1 aromatic rings. The molecule has 8 atom stereocenters. The number of hydrogen-bond donors (Lipinski definition) is 11. The fourth-order valence-corrected chi connectivity index (χ4v) is 6.30. The molecule has 20 heteroatoms. The van der Waals surface area contributed by atoms with Gasteiger partial charge < -0.3 is 56.5 Å². The van der Waals surface area contributed by atoms with Crippen LogP contribution < -0.4 is 20.8 Å². The van der Waals surface area contributed by atoms with Gasteiger partial charge in [0.25, 0.3) is 16.0 Å². The Morgan fingerprint density at radius 1 is 1.10 bits per heavy atom. The molecule has 11 N–H and O–H groups in total. The zero-order valence-electron chi connectivity index (χ0n) is 20.5. The third-order valence-corrected chi connectivity index (χ3v) is 8.68. The van der Waals surface area contributed by atoms with Crippen molar-refractivity contribution < 1.29 is 67.9 Å². The van der Waals surface area contributed by atoms with E-state index in [1.165, 1.54) is 0 Å². The number of carbonyl (C=O) groups excluding carboxylic acids is 3. The number of nitrogens with one attached hydrogen (secondary N) is 3. The Bertz CT molecular complexity index is 1210. The van der Waals surface area contributed by atoms with Gasteiger partial charge in [0.1, 0.15) is 18.3 Å². The van der Waals surface area contributed by atoms with Crippen LogP contribution >= 0.6 is 11.8 Å². The molecule has 40 heavy (non-hydrogen) atoms. The molecule has 3 rings (SSSR count). The lowest BCUT2D eigenvalue weighted by molar-refractivity contribution is -0.176. The fraction of sp³-hybridized carbons (Fsp3) is 0.650. The van der Waals surface area contributed by atoms with E-state index in [-0.39, 0.29) is 34.5 Å². The smallest absolute Gasteiger partial charge is 0.364 e. The lowest BCUT2D eigenvalue weighted by Crippen LogP contribution is -2.56. The molecule has 1 aromatic heterocycles. The van der Waals surface area contributed by atoms with Gasteiger partial charge in [-0.2, -0.15) is 20.2 Å². The molecule has 0 radical (unpaired) electrons. The molecule has 0 spiro atoms. The van der Waals surface area contributed by atoms with Crippen molar-refractivity contribution in [1.82, 2.24) is 20.7 Å². The number of nitrogens with zero attached hydrogens (tertiary/aromatic N) is 1. The second-order valence-corrected chi connectivity index (χ2v) is 11.8. The first-order chi connectivity index (χ1) is 18.6. The Balaban J connectivity index is 1.44. The van der Waals surface area contributed by atoms with Gasteiger partial charge in [0.2, 0.25) is 11.8 Å². The van der Waals surface area contributed by atoms with Crippen LogP contribution in [0.3, 0.4) is 0 Å². The van der Waals surface area contributed by atoms with Gasteiger partial charge in [-0.25, -0.2) is 9.59 Å². The Morgan fingerprint density at radius 2 is 1.77 bits per heavy atom. The molecule has 3 amide bonds. The predicted molar refractivity (Wildman–Crippen MR) is 131 cm³/mol. The van der Waals surface area contributed by atoms with Crippen LogP contribution in [0.4, 0.5) is 4.79 Å². The summed E-state index contributed by atoms with van der Waals surface area (Å²) >= 11 is 1.71.